The SMILES string of the molecule is O=C1NC(=S)N(c2cccc(F)c2)C(=O)/C1=C/c1ccc(-c2ccc(C(=O)O)cc2)o1. The normalized spacial score (nSPS) is 15.3. The maximum Gasteiger partial charge on any atom is 0.335 e. The van der Waals surface area contributed by atoms with Gasteiger partial charge in [-0.25, -0.2) is 9.18 Å². The minimum atomic E-state index is -1.04. The Morgan fingerprint density at radius 2 is 1.84 bits per heavy atom. The molecule has 1 aliphatic heterocycles. The summed E-state index contributed by atoms with van der Waals surface area (Å²) in [5, 5.41) is 11.2. The standard InChI is InChI=1S/C22H13FN2O5S/c23-14-2-1-3-15(10-14)25-20(27)17(19(26)24-22(25)31)11-16-8-9-18(30-16)12-4-6-13(7-5-12)21(28)29/h1-11H,(H,28,29)(H,24,26,31)/b17-11+. The number of furan rings is 1. The van der Waals surface area contributed by atoms with E-state index in [9.17, 15) is 18.8 Å². The number of halogens is 1. The number of thiocarbonyl (C=S) groups is 1. The van der Waals surface area contributed by atoms with Crippen molar-refractivity contribution in [3.63, 3.8) is 0 Å². The van der Waals surface area contributed by atoms with E-state index < -0.39 is 23.6 Å². The van der Waals surface area contributed by atoms with Gasteiger partial charge in [-0.3, -0.25) is 19.8 Å². The van der Waals surface area contributed by atoms with Gasteiger partial charge in [0.15, 0.2) is 5.11 Å². The van der Waals surface area contributed by atoms with E-state index in [0.29, 0.717) is 11.3 Å². The zero-order valence-electron chi connectivity index (χ0n) is 15.7. The zero-order chi connectivity index (χ0) is 22.1. The van der Waals surface area contributed by atoms with E-state index in [2.05, 4.69) is 5.32 Å². The third-order valence-corrected chi connectivity index (χ3v) is 4.78. The lowest BCUT2D eigenvalue weighted by Crippen LogP contribution is -2.54. The lowest BCUT2D eigenvalue weighted by Gasteiger charge is -2.28. The van der Waals surface area contributed by atoms with Crippen LogP contribution in [0.15, 0.2) is 70.7 Å². The lowest BCUT2D eigenvalue weighted by molar-refractivity contribution is -0.122. The monoisotopic (exact) mass is 436 g/mol. The number of carboxylic acids is 1. The number of hydrogen-bond donors (Lipinski definition) is 2. The van der Waals surface area contributed by atoms with E-state index in [1.54, 1.807) is 24.3 Å². The first-order valence-corrected chi connectivity index (χ1v) is 9.35. The number of nitrogens with zero attached hydrogens (tertiary/aromatic N) is 1. The molecule has 1 saturated heterocycles. The number of amides is 2. The molecule has 31 heavy (non-hydrogen) atoms. The fourth-order valence-electron chi connectivity index (χ4n) is 3.01. The molecule has 2 amide bonds. The van der Waals surface area contributed by atoms with E-state index in [1.807, 2.05) is 0 Å². The Hall–Kier alpha value is -4.11. The average molecular weight is 436 g/mol. The molecule has 0 radical (unpaired) electrons. The molecule has 2 N–H and O–H groups in total. The molecule has 0 bridgehead atoms. The Morgan fingerprint density at radius 1 is 1.10 bits per heavy atom. The van der Waals surface area contributed by atoms with Crippen molar-refractivity contribution in [2.75, 3.05) is 4.90 Å². The second kappa shape index (κ2) is 7.96. The molecule has 0 unspecified atom stereocenters. The van der Waals surface area contributed by atoms with E-state index in [0.717, 1.165) is 11.0 Å². The van der Waals surface area contributed by atoms with Gasteiger partial charge in [0.1, 0.15) is 22.9 Å². The Kier molecular flexibility index (Phi) is 5.18. The van der Waals surface area contributed by atoms with Gasteiger partial charge in [-0.05, 0) is 60.8 Å². The maximum absolute atomic E-state index is 13.6. The Morgan fingerprint density at radius 3 is 2.52 bits per heavy atom. The van der Waals surface area contributed by atoms with Crippen molar-refractivity contribution in [2.24, 2.45) is 0 Å². The molecule has 3 aromatic rings. The first kappa shape index (κ1) is 20.2. The van der Waals surface area contributed by atoms with Crippen molar-refractivity contribution < 1.29 is 28.3 Å². The fraction of sp³-hybridized carbons (Fsp3) is 0. The molecule has 2 heterocycles. The van der Waals surface area contributed by atoms with Crippen molar-refractivity contribution in [3.8, 4) is 11.3 Å². The zero-order valence-corrected chi connectivity index (χ0v) is 16.5. The molecule has 7 nitrogen and oxygen atoms in total. The number of nitrogens with one attached hydrogen (secondary N) is 1. The topological polar surface area (TPSA) is 99.9 Å². The summed E-state index contributed by atoms with van der Waals surface area (Å²) in [7, 11) is 0. The van der Waals surface area contributed by atoms with Gasteiger partial charge in [-0.2, -0.15) is 0 Å². The largest absolute Gasteiger partial charge is 0.478 e. The van der Waals surface area contributed by atoms with Crippen LogP contribution in [0.4, 0.5) is 10.1 Å². The van der Waals surface area contributed by atoms with Gasteiger partial charge in [0.2, 0.25) is 0 Å². The summed E-state index contributed by atoms with van der Waals surface area (Å²) < 4.78 is 19.3. The van der Waals surface area contributed by atoms with Crippen LogP contribution >= 0.6 is 12.2 Å². The highest BCUT2D eigenvalue weighted by molar-refractivity contribution is 7.80. The van der Waals surface area contributed by atoms with Crippen LogP contribution in [-0.2, 0) is 9.59 Å². The highest BCUT2D eigenvalue weighted by Gasteiger charge is 2.34. The molecule has 1 fully saturated rings. The van der Waals surface area contributed by atoms with E-state index in [-0.39, 0.29) is 27.7 Å². The van der Waals surface area contributed by atoms with Crippen molar-refractivity contribution in [3.05, 3.63) is 83.4 Å². The first-order chi connectivity index (χ1) is 14.8. The third-order valence-electron chi connectivity index (χ3n) is 4.50. The number of hydrogen-bond acceptors (Lipinski definition) is 5. The second-order valence-electron chi connectivity index (χ2n) is 6.52. The highest BCUT2D eigenvalue weighted by atomic mass is 32.1. The molecule has 0 atom stereocenters. The maximum atomic E-state index is 13.6. The van der Waals surface area contributed by atoms with Crippen molar-refractivity contribution in [1.29, 1.82) is 0 Å². The highest BCUT2D eigenvalue weighted by Crippen LogP contribution is 2.26. The first-order valence-electron chi connectivity index (χ1n) is 8.94. The van der Waals surface area contributed by atoms with Gasteiger partial charge in [0, 0.05) is 5.56 Å². The van der Waals surface area contributed by atoms with Crippen LogP contribution in [0.3, 0.4) is 0 Å². The molecule has 0 spiro atoms. The summed E-state index contributed by atoms with van der Waals surface area (Å²) in [5.41, 5.74) is 0.701. The van der Waals surface area contributed by atoms with Gasteiger partial charge in [-0.15, -0.1) is 0 Å². The molecular weight excluding hydrogens is 423 g/mol. The molecule has 1 aliphatic rings. The molecular formula is C22H13FN2O5S. The van der Waals surface area contributed by atoms with Crippen LogP contribution in [0.2, 0.25) is 0 Å². The second-order valence-corrected chi connectivity index (χ2v) is 6.91. The summed E-state index contributed by atoms with van der Waals surface area (Å²) >= 11 is 5.08. The van der Waals surface area contributed by atoms with Gasteiger partial charge in [-0.1, -0.05) is 18.2 Å². The molecule has 4 rings (SSSR count). The summed E-state index contributed by atoms with van der Waals surface area (Å²) in [6, 6.07) is 14.5. The summed E-state index contributed by atoms with van der Waals surface area (Å²) in [4.78, 5) is 37.3. The number of carbonyl (C=O) groups excluding carboxylic acids is 2. The quantitative estimate of drug-likeness (QED) is 0.368. The smallest absolute Gasteiger partial charge is 0.335 e. The predicted molar refractivity (Wildman–Crippen MR) is 114 cm³/mol. The fourth-order valence-corrected chi connectivity index (χ4v) is 3.29. The minimum absolute atomic E-state index is 0.135. The van der Waals surface area contributed by atoms with Crippen LogP contribution in [-0.4, -0.2) is 28.0 Å². The Balaban J connectivity index is 1.64. The van der Waals surface area contributed by atoms with E-state index >= 15 is 0 Å². The molecule has 2 aromatic carbocycles. The van der Waals surface area contributed by atoms with Crippen molar-refractivity contribution in [1.82, 2.24) is 5.32 Å². The van der Waals surface area contributed by atoms with Crippen LogP contribution in [0.1, 0.15) is 16.1 Å². The summed E-state index contributed by atoms with van der Waals surface area (Å²) in [6.45, 7) is 0. The van der Waals surface area contributed by atoms with Crippen molar-refractivity contribution in [2.45, 2.75) is 0 Å². The summed E-state index contributed by atoms with van der Waals surface area (Å²) in [5.74, 6) is -2.37. The molecule has 1 aromatic heterocycles. The van der Waals surface area contributed by atoms with Crippen LogP contribution < -0.4 is 10.2 Å². The number of rotatable bonds is 4. The van der Waals surface area contributed by atoms with Crippen LogP contribution in [0.5, 0.6) is 0 Å². The Labute approximate surface area is 180 Å². The molecule has 0 aliphatic carbocycles. The molecule has 0 saturated carbocycles. The number of benzene rings is 2. The number of carbonyl (C=O) groups is 3. The Bertz CT molecular complexity index is 1260. The van der Waals surface area contributed by atoms with Crippen molar-refractivity contribution >= 4 is 46.9 Å². The third kappa shape index (κ3) is 3.99. The minimum Gasteiger partial charge on any atom is -0.478 e. The van der Waals surface area contributed by atoms with Gasteiger partial charge < -0.3 is 9.52 Å². The number of carboxylic acid groups (broad SMARTS) is 1. The average Bonchev–Trinajstić information content (AvgIpc) is 3.20. The summed E-state index contributed by atoms with van der Waals surface area (Å²) in [6.07, 6.45) is 1.26. The number of anilines is 1. The molecule has 154 valence electrons. The van der Waals surface area contributed by atoms with Gasteiger partial charge in [0.05, 0.1) is 11.3 Å². The van der Waals surface area contributed by atoms with Gasteiger partial charge >= 0.3 is 5.97 Å². The predicted octanol–water partition coefficient (Wildman–Crippen LogP) is 3.62. The van der Waals surface area contributed by atoms with E-state index in [1.165, 1.54) is 36.4 Å². The van der Waals surface area contributed by atoms with Crippen LogP contribution in [0.25, 0.3) is 17.4 Å². The lowest BCUT2D eigenvalue weighted by atomic mass is 10.1. The van der Waals surface area contributed by atoms with E-state index in [4.69, 9.17) is 21.7 Å². The molecule has 9 heteroatoms. The van der Waals surface area contributed by atoms with Crippen LogP contribution in [0, 0.1) is 5.82 Å². The number of aromatic carboxylic acids is 1. The van der Waals surface area contributed by atoms with Gasteiger partial charge in [0.25, 0.3) is 11.8 Å².